The molecule has 27 heavy (non-hydrogen) atoms. The lowest BCUT2D eigenvalue weighted by molar-refractivity contribution is -0.223. The van der Waals surface area contributed by atoms with Crippen molar-refractivity contribution in [3.63, 3.8) is 0 Å². The zero-order valence-corrected chi connectivity index (χ0v) is 17.4. The number of benzene rings is 1. The smallest absolute Gasteiger partial charge is 0.400 e. The largest absolute Gasteiger partial charge is 0.507 e. The van der Waals surface area contributed by atoms with Crippen molar-refractivity contribution in [2.75, 3.05) is 0 Å². The highest BCUT2D eigenvalue weighted by atomic mass is 19.3. The van der Waals surface area contributed by atoms with Gasteiger partial charge in [-0.2, -0.15) is 8.78 Å². The number of unbranched alkanes of at least 4 members (excludes halogenated alkanes) is 2. The average Bonchev–Trinajstić information content (AvgIpc) is 2.63. The maximum atomic E-state index is 14.8. The van der Waals surface area contributed by atoms with Gasteiger partial charge in [-0.1, -0.05) is 53.4 Å². The molecule has 0 amide bonds. The van der Waals surface area contributed by atoms with Crippen LogP contribution in [0.2, 0.25) is 0 Å². The van der Waals surface area contributed by atoms with Crippen molar-refractivity contribution in [2.24, 2.45) is 11.8 Å². The van der Waals surface area contributed by atoms with E-state index in [1.165, 1.54) is 25.7 Å². The number of aromatic hydroxyl groups is 1. The summed E-state index contributed by atoms with van der Waals surface area (Å²) < 4.78 is 34.8. The number of aryl methyl sites for hydroxylation is 1. The topological polar surface area (TPSA) is 29.5 Å². The fraction of sp³-hybridized carbons (Fsp3) is 0.739. The molecule has 0 atom stereocenters. The van der Waals surface area contributed by atoms with E-state index in [1.54, 1.807) is 12.1 Å². The number of halogens is 2. The highest BCUT2D eigenvalue weighted by Crippen LogP contribution is 2.42. The summed E-state index contributed by atoms with van der Waals surface area (Å²) in [5, 5.41) is 10.3. The Bertz CT molecular complexity index is 590. The van der Waals surface area contributed by atoms with Gasteiger partial charge in [-0.15, -0.1) is 0 Å². The summed E-state index contributed by atoms with van der Waals surface area (Å²) in [5.41, 5.74) is 1.33. The second-order valence-corrected chi connectivity index (χ2v) is 8.41. The van der Waals surface area contributed by atoms with E-state index in [2.05, 4.69) is 6.92 Å². The molecule has 1 saturated carbocycles. The molecule has 154 valence electrons. The predicted octanol–water partition coefficient (Wildman–Crippen LogP) is 7.44. The third kappa shape index (κ3) is 5.83. The fourth-order valence-corrected chi connectivity index (χ4v) is 4.17. The molecule has 0 aliphatic heterocycles. The van der Waals surface area contributed by atoms with Gasteiger partial charge in [0.2, 0.25) is 0 Å². The van der Waals surface area contributed by atoms with Crippen LogP contribution in [0.4, 0.5) is 8.78 Å². The molecule has 1 fully saturated rings. The molecule has 2 rings (SSSR count). The van der Waals surface area contributed by atoms with Crippen molar-refractivity contribution in [1.82, 2.24) is 0 Å². The van der Waals surface area contributed by atoms with E-state index in [0.29, 0.717) is 36.3 Å². The number of hydrogen-bond acceptors (Lipinski definition) is 2. The van der Waals surface area contributed by atoms with Crippen LogP contribution in [0, 0.1) is 11.8 Å². The number of alkyl halides is 2. The average molecular weight is 383 g/mol. The van der Waals surface area contributed by atoms with Gasteiger partial charge in [0.05, 0.1) is 5.92 Å². The third-order valence-corrected chi connectivity index (χ3v) is 5.99. The molecule has 2 nitrogen and oxygen atoms in total. The van der Waals surface area contributed by atoms with E-state index < -0.39 is 12.0 Å². The maximum Gasteiger partial charge on any atom is 0.400 e. The zero-order valence-electron chi connectivity index (χ0n) is 17.4. The predicted molar refractivity (Wildman–Crippen MR) is 107 cm³/mol. The Labute approximate surface area is 163 Å². The summed E-state index contributed by atoms with van der Waals surface area (Å²) in [6.45, 7) is 7.97. The SMILES string of the molecule is CCCCCC1CCC(C(F)(F)Oc2cc(CC)c(O)c(C(C)C)c2)CC1. The van der Waals surface area contributed by atoms with Gasteiger partial charge in [-0.25, -0.2) is 0 Å². The van der Waals surface area contributed by atoms with Crippen molar-refractivity contribution in [2.45, 2.75) is 97.5 Å². The number of hydrogen-bond donors (Lipinski definition) is 1. The van der Waals surface area contributed by atoms with Crippen molar-refractivity contribution in [3.8, 4) is 11.5 Å². The van der Waals surface area contributed by atoms with Gasteiger partial charge >= 0.3 is 6.11 Å². The Morgan fingerprint density at radius 1 is 1.11 bits per heavy atom. The summed E-state index contributed by atoms with van der Waals surface area (Å²) in [5.74, 6) is 0.294. The first kappa shape index (κ1) is 22.0. The molecular weight excluding hydrogens is 346 g/mol. The Morgan fingerprint density at radius 3 is 2.33 bits per heavy atom. The standard InChI is InChI=1S/C23H36F2O2/c1-5-7-8-9-17-10-12-19(13-11-17)23(24,25)27-20-14-18(6-2)22(26)21(15-20)16(3)4/h14-17,19,26H,5-13H2,1-4H3. The molecule has 0 heterocycles. The monoisotopic (exact) mass is 382 g/mol. The zero-order chi connectivity index (χ0) is 20.0. The van der Waals surface area contributed by atoms with Gasteiger partial charge < -0.3 is 9.84 Å². The molecule has 1 aliphatic rings. The maximum absolute atomic E-state index is 14.8. The molecule has 1 aromatic carbocycles. The van der Waals surface area contributed by atoms with E-state index in [1.807, 2.05) is 20.8 Å². The van der Waals surface area contributed by atoms with E-state index >= 15 is 0 Å². The highest BCUT2D eigenvalue weighted by molar-refractivity contribution is 5.48. The minimum absolute atomic E-state index is 0.0473. The van der Waals surface area contributed by atoms with E-state index in [9.17, 15) is 13.9 Å². The molecule has 1 N–H and O–H groups in total. The van der Waals surface area contributed by atoms with Crippen LogP contribution in [0.15, 0.2) is 12.1 Å². The second-order valence-electron chi connectivity index (χ2n) is 8.41. The Kier molecular flexibility index (Phi) is 7.93. The molecule has 1 aromatic rings. The molecule has 0 spiro atoms. The van der Waals surface area contributed by atoms with Gasteiger partial charge in [0.15, 0.2) is 0 Å². The van der Waals surface area contributed by atoms with Crippen molar-refractivity contribution in [3.05, 3.63) is 23.3 Å². The first-order chi connectivity index (χ1) is 12.8. The summed E-state index contributed by atoms with van der Waals surface area (Å²) >= 11 is 0. The van der Waals surface area contributed by atoms with Gasteiger partial charge in [0.1, 0.15) is 11.5 Å². The van der Waals surface area contributed by atoms with Crippen LogP contribution in [-0.2, 0) is 6.42 Å². The quantitative estimate of drug-likeness (QED) is 0.450. The normalized spacial score (nSPS) is 20.9. The molecule has 0 radical (unpaired) electrons. The number of phenols is 1. The van der Waals surface area contributed by atoms with Gasteiger partial charge in [0.25, 0.3) is 0 Å². The van der Waals surface area contributed by atoms with Crippen LogP contribution >= 0.6 is 0 Å². The van der Waals surface area contributed by atoms with E-state index in [-0.39, 0.29) is 17.4 Å². The molecule has 0 aromatic heterocycles. The van der Waals surface area contributed by atoms with Crippen molar-refractivity contribution < 1.29 is 18.6 Å². The lowest BCUT2D eigenvalue weighted by atomic mass is 9.79. The Morgan fingerprint density at radius 2 is 1.78 bits per heavy atom. The van der Waals surface area contributed by atoms with Crippen LogP contribution in [0.1, 0.15) is 96.1 Å². The molecule has 0 bridgehead atoms. The first-order valence-electron chi connectivity index (χ1n) is 10.7. The number of phenolic OH excluding ortho intramolecular Hbond substituents is 1. The molecule has 0 unspecified atom stereocenters. The molecule has 0 saturated heterocycles. The summed E-state index contributed by atoms with van der Waals surface area (Å²) in [7, 11) is 0. The van der Waals surface area contributed by atoms with Gasteiger partial charge in [-0.3, -0.25) is 0 Å². The van der Waals surface area contributed by atoms with Crippen LogP contribution < -0.4 is 4.74 Å². The summed E-state index contributed by atoms with van der Waals surface area (Å²) in [6.07, 6.45) is 5.04. The Balaban J connectivity index is 2.03. The third-order valence-electron chi connectivity index (χ3n) is 5.99. The Hall–Kier alpha value is -1.32. The van der Waals surface area contributed by atoms with Crippen LogP contribution in [-0.4, -0.2) is 11.2 Å². The minimum atomic E-state index is -3.16. The highest BCUT2D eigenvalue weighted by Gasteiger charge is 2.44. The lowest BCUT2D eigenvalue weighted by Gasteiger charge is -2.33. The number of ether oxygens (including phenoxy) is 1. The van der Waals surface area contributed by atoms with Gasteiger partial charge in [0, 0.05) is 5.56 Å². The summed E-state index contributed by atoms with van der Waals surface area (Å²) in [4.78, 5) is 0. The van der Waals surface area contributed by atoms with Crippen LogP contribution in [0.3, 0.4) is 0 Å². The van der Waals surface area contributed by atoms with Crippen molar-refractivity contribution >= 4 is 0 Å². The van der Waals surface area contributed by atoms with Gasteiger partial charge in [-0.05, 0) is 61.6 Å². The molecule has 4 heteroatoms. The fourth-order valence-electron chi connectivity index (χ4n) is 4.17. The summed E-state index contributed by atoms with van der Waals surface area (Å²) in [6, 6.07) is 3.13. The number of rotatable bonds is 9. The minimum Gasteiger partial charge on any atom is -0.507 e. The van der Waals surface area contributed by atoms with E-state index in [0.717, 1.165) is 12.8 Å². The first-order valence-corrected chi connectivity index (χ1v) is 10.7. The van der Waals surface area contributed by atoms with Crippen LogP contribution in [0.5, 0.6) is 11.5 Å². The lowest BCUT2D eigenvalue weighted by Crippen LogP contribution is -2.37. The molecular formula is C23H36F2O2. The second kappa shape index (κ2) is 9.75. The van der Waals surface area contributed by atoms with Crippen molar-refractivity contribution in [1.29, 1.82) is 0 Å². The van der Waals surface area contributed by atoms with E-state index in [4.69, 9.17) is 4.74 Å². The molecule has 1 aliphatic carbocycles. The van der Waals surface area contributed by atoms with Crippen LogP contribution in [0.25, 0.3) is 0 Å².